The fraction of sp³-hybridized carbons (Fsp3) is 0.778. The largest absolute Gasteiger partial charge is 0.465 e. The smallest absolute Gasteiger partial charge is 0.407 e. The second kappa shape index (κ2) is 9.54. The zero-order valence-corrected chi connectivity index (χ0v) is 16.1. The first-order chi connectivity index (χ1) is 12.1. The number of alkyl carbamates (subject to hydrolysis) is 1. The molecule has 26 heavy (non-hydrogen) atoms. The van der Waals surface area contributed by atoms with Gasteiger partial charge in [-0.15, -0.1) is 0 Å². The van der Waals surface area contributed by atoms with Gasteiger partial charge in [0.15, 0.2) is 5.92 Å². The molecule has 2 atom stereocenters. The van der Waals surface area contributed by atoms with Gasteiger partial charge in [-0.1, -0.05) is 0 Å². The molecule has 0 spiro atoms. The Morgan fingerprint density at radius 3 is 2.12 bits per heavy atom. The summed E-state index contributed by atoms with van der Waals surface area (Å²) in [7, 11) is 0. The number of ketones is 1. The fourth-order valence-corrected chi connectivity index (χ4v) is 2.94. The molecule has 0 bridgehead atoms. The molecule has 1 fully saturated rings. The third kappa shape index (κ3) is 6.65. The Kier molecular flexibility index (Phi) is 8.05. The third-order valence-electron chi connectivity index (χ3n) is 3.93. The minimum Gasteiger partial charge on any atom is -0.465 e. The topological polar surface area (TPSA) is 108 Å². The van der Waals surface area contributed by atoms with Crippen molar-refractivity contribution in [2.24, 2.45) is 11.8 Å². The molecule has 0 radical (unpaired) electrons. The van der Waals surface area contributed by atoms with Crippen LogP contribution >= 0.6 is 0 Å². The second-order valence-electron chi connectivity index (χ2n) is 7.18. The Labute approximate surface area is 153 Å². The molecule has 1 N–H and O–H groups in total. The number of ether oxygens (including phenoxy) is 3. The zero-order valence-electron chi connectivity index (χ0n) is 16.1. The number of nitrogens with one attached hydrogen (secondary N) is 1. The summed E-state index contributed by atoms with van der Waals surface area (Å²) < 4.78 is 15.2. The molecule has 0 aromatic carbocycles. The maximum Gasteiger partial charge on any atom is 0.407 e. The molecule has 2 unspecified atom stereocenters. The highest BCUT2D eigenvalue weighted by atomic mass is 16.6. The van der Waals surface area contributed by atoms with Gasteiger partial charge in [0.25, 0.3) is 0 Å². The quantitative estimate of drug-likeness (QED) is 0.432. The summed E-state index contributed by atoms with van der Waals surface area (Å²) in [4.78, 5) is 48.8. The van der Waals surface area contributed by atoms with E-state index in [1.807, 2.05) is 0 Å². The van der Waals surface area contributed by atoms with Crippen molar-refractivity contribution in [1.82, 2.24) is 5.32 Å². The van der Waals surface area contributed by atoms with Crippen molar-refractivity contribution in [3.63, 3.8) is 0 Å². The molecule has 1 aliphatic rings. The minimum atomic E-state index is -1.26. The highest BCUT2D eigenvalue weighted by Crippen LogP contribution is 2.31. The van der Waals surface area contributed by atoms with Crippen molar-refractivity contribution in [1.29, 1.82) is 0 Å². The molecule has 1 amide bonds. The van der Waals surface area contributed by atoms with Gasteiger partial charge in [0.1, 0.15) is 11.4 Å². The first-order valence-corrected chi connectivity index (χ1v) is 8.93. The van der Waals surface area contributed by atoms with E-state index in [9.17, 15) is 19.2 Å². The Hall–Kier alpha value is -2.12. The summed E-state index contributed by atoms with van der Waals surface area (Å²) in [6, 6.07) is -0.568. The molecule has 0 aromatic rings. The highest BCUT2D eigenvalue weighted by Gasteiger charge is 2.45. The summed E-state index contributed by atoms with van der Waals surface area (Å²) in [5.41, 5.74) is -0.689. The molecule has 1 rings (SSSR count). The van der Waals surface area contributed by atoms with E-state index in [1.165, 1.54) is 0 Å². The summed E-state index contributed by atoms with van der Waals surface area (Å²) in [6.45, 7) is 8.64. The summed E-state index contributed by atoms with van der Waals surface area (Å²) in [5, 5.41) is 2.69. The molecule has 0 saturated heterocycles. The molecule has 148 valence electrons. The van der Waals surface area contributed by atoms with Crippen LogP contribution in [0, 0.1) is 11.8 Å². The van der Waals surface area contributed by atoms with Crippen LogP contribution in [0.2, 0.25) is 0 Å². The average molecular weight is 371 g/mol. The van der Waals surface area contributed by atoms with E-state index in [2.05, 4.69) is 5.32 Å². The number of carbonyl (C=O) groups excluding carboxylic acids is 4. The van der Waals surface area contributed by atoms with Crippen molar-refractivity contribution in [2.75, 3.05) is 13.2 Å². The Morgan fingerprint density at radius 1 is 1.12 bits per heavy atom. The van der Waals surface area contributed by atoms with Crippen molar-refractivity contribution in [2.45, 2.75) is 65.5 Å². The predicted molar refractivity (Wildman–Crippen MR) is 92.3 cm³/mol. The van der Waals surface area contributed by atoms with E-state index in [-0.39, 0.29) is 31.8 Å². The molecule has 0 aliphatic heterocycles. The Balaban J connectivity index is 3.03. The van der Waals surface area contributed by atoms with Gasteiger partial charge >= 0.3 is 18.0 Å². The lowest BCUT2D eigenvalue weighted by Gasteiger charge is -2.35. The summed E-state index contributed by atoms with van der Waals surface area (Å²) in [5.74, 6) is -3.57. The van der Waals surface area contributed by atoms with Crippen LogP contribution in [0.15, 0.2) is 0 Å². The Morgan fingerprint density at radius 2 is 1.65 bits per heavy atom. The van der Waals surface area contributed by atoms with Crippen LogP contribution in [0.3, 0.4) is 0 Å². The van der Waals surface area contributed by atoms with Gasteiger partial charge in [-0.2, -0.15) is 0 Å². The number of carbonyl (C=O) groups is 4. The van der Waals surface area contributed by atoms with Crippen molar-refractivity contribution in [3.8, 4) is 0 Å². The fourth-order valence-electron chi connectivity index (χ4n) is 2.94. The predicted octanol–water partition coefficient (Wildman–Crippen LogP) is 1.99. The second-order valence-corrected chi connectivity index (χ2v) is 7.18. The minimum absolute atomic E-state index is 0.0112. The van der Waals surface area contributed by atoms with Gasteiger partial charge in [0.2, 0.25) is 0 Å². The molecular weight excluding hydrogens is 342 g/mol. The van der Waals surface area contributed by atoms with Crippen molar-refractivity contribution < 1.29 is 33.4 Å². The molecular formula is C18H29NO7. The van der Waals surface area contributed by atoms with E-state index in [0.717, 1.165) is 0 Å². The highest BCUT2D eigenvalue weighted by molar-refractivity contribution is 5.96. The summed E-state index contributed by atoms with van der Waals surface area (Å²) in [6.07, 6.45) is -0.0933. The van der Waals surface area contributed by atoms with Crippen LogP contribution in [-0.2, 0) is 28.6 Å². The van der Waals surface area contributed by atoms with Crippen LogP contribution < -0.4 is 5.32 Å². The molecule has 1 saturated carbocycles. The molecule has 1 aliphatic carbocycles. The van der Waals surface area contributed by atoms with E-state index in [1.54, 1.807) is 34.6 Å². The van der Waals surface area contributed by atoms with Crippen LogP contribution in [0.4, 0.5) is 4.79 Å². The SMILES string of the molecule is CCOC(=O)C(C(=O)OCC)C1CC(=O)CCC1NC(=O)OC(C)(C)C. The van der Waals surface area contributed by atoms with Gasteiger partial charge in [-0.05, 0) is 41.0 Å². The third-order valence-corrected chi connectivity index (χ3v) is 3.93. The van der Waals surface area contributed by atoms with Crippen LogP contribution in [-0.4, -0.2) is 48.7 Å². The molecule has 0 aromatic heterocycles. The van der Waals surface area contributed by atoms with Gasteiger partial charge in [0.05, 0.1) is 13.2 Å². The number of hydrogen-bond acceptors (Lipinski definition) is 7. The maximum atomic E-state index is 12.3. The lowest BCUT2D eigenvalue weighted by Crippen LogP contribution is -2.51. The molecule has 0 heterocycles. The Bertz CT molecular complexity index is 520. The number of Topliss-reactive ketones (excluding diaryl/α,β-unsaturated/α-hetero) is 1. The zero-order chi connectivity index (χ0) is 19.9. The van der Waals surface area contributed by atoms with Crippen molar-refractivity contribution in [3.05, 3.63) is 0 Å². The lowest BCUT2D eigenvalue weighted by molar-refractivity contribution is -0.165. The normalized spacial score (nSPS) is 20.5. The lowest BCUT2D eigenvalue weighted by atomic mass is 9.75. The van der Waals surface area contributed by atoms with E-state index in [4.69, 9.17) is 14.2 Å². The molecule has 8 heteroatoms. The number of amides is 1. The van der Waals surface area contributed by atoms with Gasteiger partial charge in [-0.3, -0.25) is 14.4 Å². The monoisotopic (exact) mass is 371 g/mol. The standard InChI is InChI=1S/C18H29NO7/c1-6-24-15(21)14(16(22)25-7-2)12-10-11(20)8-9-13(12)19-17(23)26-18(3,4)5/h12-14H,6-10H2,1-5H3,(H,19,23). The van der Waals surface area contributed by atoms with Crippen LogP contribution in [0.25, 0.3) is 0 Å². The first kappa shape index (κ1) is 21.9. The number of hydrogen-bond donors (Lipinski definition) is 1. The number of rotatable bonds is 6. The van der Waals surface area contributed by atoms with Gasteiger partial charge in [0, 0.05) is 24.8 Å². The average Bonchev–Trinajstić information content (AvgIpc) is 2.49. The first-order valence-electron chi connectivity index (χ1n) is 8.93. The van der Waals surface area contributed by atoms with E-state index < -0.39 is 41.5 Å². The van der Waals surface area contributed by atoms with Gasteiger partial charge < -0.3 is 19.5 Å². The summed E-state index contributed by atoms with van der Waals surface area (Å²) >= 11 is 0. The van der Waals surface area contributed by atoms with E-state index in [0.29, 0.717) is 6.42 Å². The maximum absolute atomic E-state index is 12.3. The number of esters is 2. The van der Waals surface area contributed by atoms with Gasteiger partial charge in [-0.25, -0.2) is 4.79 Å². The van der Waals surface area contributed by atoms with Crippen LogP contribution in [0.1, 0.15) is 53.9 Å². The van der Waals surface area contributed by atoms with E-state index >= 15 is 0 Å². The molecule has 8 nitrogen and oxygen atoms in total. The van der Waals surface area contributed by atoms with Crippen LogP contribution in [0.5, 0.6) is 0 Å². The van der Waals surface area contributed by atoms with Crippen molar-refractivity contribution >= 4 is 23.8 Å².